The first-order valence-electron chi connectivity index (χ1n) is 9.46. The molecule has 0 radical (unpaired) electrons. The number of ether oxygens (including phenoxy) is 3. The number of carbonyl (C=O) groups is 2. The summed E-state index contributed by atoms with van der Waals surface area (Å²) in [6, 6.07) is 0. The Balaban J connectivity index is 4.27. The van der Waals surface area contributed by atoms with Gasteiger partial charge in [-0.1, -0.05) is 27.7 Å². The van der Waals surface area contributed by atoms with Gasteiger partial charge in [-0.3, -0.25) is 14.5 Å². The monoisotopic (exact) mass is 359 g/mol. The highest BCUT2D eigenvalue weighted by Crippen LogP contribution is 2.29. The van der Waals surface area contributed by atoms with Gasteiger partial charge in [-0.05, 0) is 46.2 Å². The fraction of sp³-hybridized carbons (Fsp3) is 0.895. The summed E-state index contributed by atoms with van der Waals surface area (Å²) in [6.45, 7) is 15.1. The van der Waals surface area contributed by atoms with Crippen molar-refractivity contribution in [1.29, 1.82) is 0 Å². The van der Waals surface area contributed by atoms with Gasteiger partial charge in [-0.15, -0.1) is 0 Å². The van der Waals surface area contributed by atoms with Crippen LogP contribution in [0.1, 0.15) is 60.8 Å². The van der Waals surface area contributed by atoms with E-state index in [2.05, 4.69) is 18.7 Å². The normalized spacial score (nSPS) is 12.9. The van der Waals surface area contributed by atoms with Crippen LogP contribution in [0.3, 0.4) is 0 Å². The van der Waals surface area contributed by atoms with Crippen LogP contribution in [0.25, 0.3) is 0 Å². The molecule has 25 heavy (non-hydrogen) atoms. The topological polar surface area (TPSA) is 65.1 Å². The lowest BCUT2D eigenvalue weighted by atomic mass is 9.81. The molecule has 0 rings (SSSR count). The van der Waals surface area contributed by atoms with Crippen molar-refractivity contribution < 1.29 is 23.8 Å². The molecule has 0 bridgehead atoms. The molecule has 6 nitrogen and oxygen atoms in total. The highest BCUT2D eigenvalue weighted by molar-refractivity contribution is 5.78. The van der Waals surface area contributed by atoms with Gasteiger partial charge in [0.2, 0.25) is 0 Å². The Hall–Kier alpha value is -1.14. The summed E-state index contributed by atoms with van der Waals surface area (Å²) in [4.78, 5) is 26.5. The van der Waals surface area contributed by atoms with Crippen LogP contribution in [0.2, 0.25) is 0 Å². The number of esters is 2. The minimum atomic E-state index is -0.731. The number of rotatable bonds is 14. The number of hydrogen-bond acceptors (Lipinski definition) is 6. The van der Waals surface area contributed by atoms with E-state index in [-0.39, 0.29) is 24.5 Å². The zero-order valence-electron chi connectivity index (χ0n) is 16.9. The molecular weight excluding hydrogens is 322 g/mol. The lowest BCUT2D eigenvalue weighted by Crippen LogP contribution is -2.33. The Morgan fingerprint density at radius 2 is 1.60 bits per heavy atom. The molecule has 0 aliphatic carbocycles. The zero-order valence-corrected chi connectivity index (χ0v) is 16.9. The van der Waals surface area contributed by atoms with Gasteiger partial charge < -0.3 is 14.2 Å². The predicted octanol–water partition coefficient (Wildman–Crippen LogP) is 3.24. The fourth-order valence-electron chi connectivity index (χ4n) is 2.40. The third-order valence-corrected chi connectivity index (χ3v) is 4.21. The first kappa shape index (κ1) is 23.9. The van der Waals surface area contributed by atoms with Crippen molar-refractivity contribution in [3.63, 3.8) is 0 Å². The Morgan fingerprint density at radius 3 is 2.12 bits per heavy atom. The van der Waals surface area contributed by atoms with Crippen molar-refractivity contribution in [3.8, 4) is 0 Å². The molecule has 148 valence electrons. The molecule has 1 atom stereocenters. The van der Waals surface area contributed by atoms with Gasteiger partial charge in [-0.2, -0.15) is 0 Å². The van der Waals surface area contributed by atoms with Crippen LogP contribution in [0.15, 0.2) is 0 Å². The van der Waals surface area contributed by atoms with Gasteiger partial charge in [0.15, 0.2) is 0 Å². The Kier molecular flexibility index (Phi) is 12.5. The second kappa shape index (κ2) is 13.1. The molecule has 0 aromatic heterocycles. The molecule has 0 aliphatic heterocycles. The second-order valence-electron chi connectivity index (χ2n) is 6.84. The summed E-state index contributed by atoms with van der Waals surface area (Å²) < 4.78 is 16.0. The van der Waals surface area contributed by atoms with Crippen molar-refractivity contribution >= 4 is 11.9 Å². The quantitative estimate of drug-likeness (QED) is 0.269. The summed E-state index contributed by atoms with van der Waals surface area (Å²) in [5.74, 6) is -0.818. The predicted molar refractivity (Wildman–Crippen MR) is 98.1 cm³/mol. The van der Waals surface area contributed by atoms with Gasteiger partial charge in [0, 0.05) is 0 Å². The average molecular weight is 360 g/mol. The van der Waals surface area contributed by atoms with Gasteiger partial charge in [0.05, 0.1) is 31.3 Å². The lowest BCUT2D eigenvalue weighted by molar-refractivity contribution is -0.159. The lowest BCUT2D eigenvalue weighted by Gasteiger charge is -2.26. The van der Waals surface area contributed by atoms with Crippen LogP contribution in [0.5, 0.6) is 0 Å². The van der Waals surface area contributed by atoms with Gasteiger partial charge in [-0.25, -0.2) is 0 Å². The molecule has 0 saturated heterocycles. The summed E-state index contributed by atoms with van der Waals surface area (Å²) in [6.07, 6.45) is 1.86. The van der Waals surface area contributed by atoms with E-state index < -0.39 is 5.41 Å². The minimum Gasteiger partial charge on any atom is -0.465 e. The molecule has 1 unspecified atom stereocenters. The number of carbonyl (C=O) groups excluding carboxylic acids is 2. The van der Waals surface area contributed by atoms with Crippen LogP contribution >= 0.6 is 0 Å². The smallest absolute Gasteiger partial charge is 0.311 e. The van der Waals surface area contributed by atoms with Crippen LogP contribution in [0.4, 0.5) is 0 Å². The van der Waals surface area contributed by atoms with E-state index in [0.717, 1.165) is 19.5 Å². The number of hydrogen-bond donors (Lipinski definition) is 0. The third kappa shape index (κ3) is 9.80. The molecule has 0 fully saturated rings. The van der Waals surface area contributed by atoms with E-state index in [0.29, 0.717) is 32.8 Å². The summed E-state index contributed by atoms with van der Waals surface area (Å²) >= 11 is 0. The van der Waals surface area contributed by atoms with Crippen molar-refractivity contribution in [2.75, 3.05) is 39.6 Å². The number of nitrogens with zero attached hydrogens (tertiary/aromatic N) is 1. The molecule has 0 N–H and O–H groups in total. The molecule has 0 aromatic rings. The standard InChI is InChI=1S/C19H37NO5/c1-7-11-24-17(21)16(8-2)14-19(5,6)18(22)25-13-12-23-15-20(9-3)10-4/h16H,7-15H2,1-6H3. The van der Waals surface area contributed by atoms with E-state index in [1.807, 2.05) is 27.7 Å². The van der Waals surface area contributed by atoms with Crippen molar-refractivity contribution in [2.24, 2.45) is 11.3 Å². The first-order chi connectivity index (χ1) is 11.8. The largest absolute Gasteiger partial charge is 0.465 e. The van der Waals surface area contributed by atoms with Crippen LogP contribution in [0, 0.1) is 11.3 Å². The summed E-state index contributed by atoms with van der Waals surface area (Å²) in [5.41, 5.74) is -0.731. The van der Waals surface area contributed by atoms with Crippen LogP contribution < -0.4 is 0 Å². The molecular formula is C19H37NO5. The Bertz CT molecular complexity index is 380. The third-order valence-electron chi connectivity index (χ3n) is 4.21. The average Bonchev–Trinajstić information content (AvgIpc) is 2.60. The molecule has 0 aliphatic rings. The summed E-state index contributed by atoms with van der Waals surface area (Å²) in [7, 11) is 0. The maximum Gasteiger partial charge on any atom is 0.311 e. The zero-order chi connectivity index (χ0) is 19.3. The molecule has 6 heteroatoms. The first-order valence-corrected chi connectivity index (χ1v) is 9.46. The van der Waals surface area contributed by atoms with Crippen LogP contribution in [-0.4, -0.2) is 56.5 Å². The van der Waals surface area contributed by atoms with E-state index >= 15 is 0 Å². The van der Waals surface area contributed by atoms with E-state index in [4.69, 9.17) is 14.2 Å². The van der Waals surface area contributed by atoms with Crippen molar-refractivity contribution in [3.05, 3.63) is 0 Å². The maximum atomic E-state index is 12.3. The van der Waals surface area contributed by atoms with E-state index in [9.17, 15) is 9.59 Å². The highest BCUT2D eigenvalue weighted by atomic mass is 16.6. The van der Waals surface area contributed by atoms with Crippen LogP contribution in [-0.2, 0) is 23.8 Å². The Labute approximate surface area is 153 Å². The molecule has 0 amide bonds. The molecule has 0 saturated carbocycles. The van der Waals surface area contributed by atoms with Gasteiger partial charge in [0.1, 0.15) is 6.61 Å². The molecule has 0 heterocycles. The summed E-state index contributed by atoms with van der Waals surface area (Å²) in [5, 5.41) is 0. The van der Waals surface area contributed by atoms with Gasteiger partial charge in [0.25, 0.3) is 0 Å². The SMILES string of the molecule is CCCOC(=O)C(CC)CC(C)(C)C(=O)OCCOCN(CC)CC. The van der Waals surface area contributed by atoms with Crippen molar-refractivity contribution in [2.45, 2.75) is 60.8 Å². The Morgan fingerprint density at radius 1 is 0.960 bits per heavy atom. The van der Waals surface area contributed by atoms with Gasteiger partial charge >= 0.3 is 11.9 Å². The van der Waals surface area contributed by atoms with E-state index in [1.165, 1.54) is 0 Å². The highest BCUT2D eigenvalue weighted by Gasteiger charge is 2.35. The molecule has 0 aromatic carbocycles. The fourth-order valence-corrected chi connectivity index (χ4v) is 2.40. The second-order valence-corrected chi connectivity index (χ2v) is 6.84. The van der Waals surface area contributed by atoms with Crippen molar-refractivity contribution in [1.82, 2.24) is 4.90 Å². The molecule has 0 spiro atoms. The van der Waals surface area contributed by atoms with E-state index in [1.54, 1.807) is 0 Å². The maximum absolute atomic E-state index is 12.3. The minimum absolute atomic E-state index is 0.223.